The van der Waals surface area contributed by atoms with E-state index in [1.807, 2.05) is 25.3 Å². The molecular formula is C25H24N2O3S3. The Morgan fingerprint density at radius 1 is 1.18 bits per heavy atom. The molecule has 0 aliphatic carbocycles. The Morgan fingerprint density at radius 2 is 1.91 bits per heavy atom. The summed E-state index contributed by atoms with van der Waals surface area (Å²) >= 11 is 8.37. The molecule has 1 N–H and O–H groups in total. The Hall–Kier alpha value is -2.55. The third-order valence-corrected chi connectivity index (χ3v) is 8.13. The molecule has 0 radical (unpaired) electrons. The number of thiocarbonyl (C=S) groups is 1. The highest BCUT2D eigenvalue weighted by Gasteiger charge is 2.32. The number of hydrogen-bond acceptors (Lipinski definition) is 5. The van der Waals surface area contributed by atoms with Gasteiger partial charge >= 0.3 is 5.97 Å². The van der Waals surface area contributed by atoms with Gasteiger partial charge in [-0.25, -0.2) is 0 Å². The smallest absolute Gasteiger partial charge is 0.303 e. The summed E-state index contributed by atoms with van der Waals surface area (Å²) in [5, 5.41) is 11.0. The van der Waals surface area contributed by atoms with E-state index in [9.17, 15) is 9.59 Å². The molecule has 170 valence electrons. The van der Waals surface area contributed by atoms with Crippen LogP contribution in [0.1, 0.15) is 30.9 Å². The van der Waals surface area contributed by atoms with Gasteiger partial charge in [0.1, 0.15) is 4.32 Å². The van der Waals surface area contributed by atoms with Gasteiger partial charge in [0.05, 0.1) is 9.93 Å². The first-order valence-corrected chi connectivity index (χ1v) is 12.7. The number of aromatic nitrogens is 1. The van der Waals surface area contributed by atoms with Crippen LogP contribution in [0.4, 0.5) is 0 Å². The highest BCUT2D eigenvalue weighted by Crippen LogP contribution is 2.40. The van der Waals surface area contributed by atoms with E-state index < -0.39 is 5.97 Å². The zero-order chi connectivity index (χ0) is 23.5. The van der Waals surface area contributed by atoms with Crippen LogP contribution in [0, 0.1) is 0 Å². The molecule has 0 unspecified atom stereocenters. The summed E-state index contributed by atoms with van der Waals surface area (Å²) in [5.74, 6) is -1.04. The number of carbonyl (C=O) groups is 2. The summed E-state index contributed by atoms with van der Waals surface area (Å²) in [5.41, 5.74) is 3.38. The summed E-state index contributed by atoms with van der Waals surface area (Å²) in [6, 6.07) is 16.7. The first kappa shape index (κ1) is 23.6. The van der Waals surface area contributed by atoms with Gasteiger partial charge in [0.2, 0.25) is 0 Å². The molecule has 0 spiro atoms. The van der Waals surface area contributed by atoms with Crippen LogP contribution in [0.25, 0.3) is 17.0 Å². The molecule has 2 aromatic carbocycles. The van der Waals surface area contributed by atoms with Crippen molar-refractivity contribution >= 4 is 68.9 Å². The van der Waals surface area contributed by atoms with E-state index in [1.165, 1.54) is 22.2 Å². The number of aliphatic carboxylic acids is 1. The van der Waals surface area contributed by atoms with Crippen molar-refractivity contribution in [3.05, 3.63) is 64.6 Å². The highest BCUT2D eigenvalue weighted by atomic mass is 32.2. The third-order valence-electron chi connectivity index (χ3n) is 5.56. The number of amides is 1. The second-order valence-electron chi connectivity index (χ2n) is 7.73. The van der Waals surface area contributed by atoms with Crippen LogP contribution >= 0.6 is 35.7 Å². The molecular weight excluding hydrogens is 472 g/mol. The van der Waals surface area contributed by atoms with Gasteiger partial charge in [0.15, 0.2) is 0 Å². The van der Waals surface area contributed by atoms with Gasteiger partial charge in [-0.05, 0) is 42.7 Å². The number of carbonyl (C=O) groups excluding carboxylic acids is 1. The summed E-state index contributed by atoms with van der Waals surface area (Å²) < 4.78 is 2.63. The molecule has 0 saturated carbocycles. The Morgan fingerprint density at radius 3 is 2.61 bits per heavy atom. The number of rotatable bonds is 8. The van der Waals surface area contributed by atoms with E-state index in [0.717, 1.165) is 32.8 Å². The molecule has 5 nitrogen and oxygen atoms in total. The molecule has 4 rings (SSSR count). The molecule has 1 aromatic heterocycles. The van der Waals surface area contributed by atoms with Gasteiger partial charge in [-0.1, -0.05) is 73.0 Å². The minimum absolute atomic E-state index is 0.0110. The number of aryl methyl sites for hydroxylation is 2. The zero-order valence-electron chi connectivity index (χ0n) is 18.4. The van der Waals surface area contributed by atoms with Crippen molar-refractivity contribution in [3.8, 4) is 0 Å². The quantitative estimate of drug-likeness (QED) is 0.307. The van der Waals surface area contributed by atoms with Crippen LogP contribution in [0.2, 0.25) is 0 Å². The van der Waals surface area contributed by atoms with Gasteiger partial charge in [0, 0.05) is 41.4 Å². The summed E-state index contributed by atoms with van der Waals surface area (Å²) in [6.45, 7) is 2.46. The van der Waals surface area contributed by atoms with Crippen LogP contribution < -0.4 is 0 Å². The minimum atomic E-state index is -0.875. The van der Waals surface area contributed by atoms with Crippen molar-refractivity contribution in [1.29, 1.82) is 0 Å². The van der Waals surface area contributed by atoms with E-state index in [2.05, 4.69) is 47.9 Å². The van der Waals surface area contributed by atoms with Gasteiger partial charge in [-0.15, -0.1) is 0 Å². The second kappa shape index (κ2) is 10.2. The molecule has 2 heterocycles. The Labute approximate surface area is 206 Å². The monoisotopic (exact) mass is 496 g/mol. The number of hydrogen-bond donors (Lipinski definition) is 1. The van der Waals surface area contributed by atoms with Crippen molar-refractivity contribution < 1.29 is 14.7 Å². The van der Waals surface area contributed by atoms with Crippen molar-refractivity contribution in [2.75, 3.05) is 6.54 Å². The van der Waals surface area contributed by atoms with Gasteiger partial charge in [-0.3, -0.25) is 14.5 Å². The number of para-hydroxylation sites is 1. The Bertz CT molecular complexity index is 1260. The summed E-state index contributed by atoms with van der Waals surface area (Å²) in [7, 11) is 2.04. The molecule has 1 aliphatic heterocycles. The van der Waals surface area contributed by atoms with Crippen molar-refractivity contribution in [3.63, 3.8) is 0 Å². The molecule has 0 atom stereocenters. The van der Waals surface area contributed by atoms with Gasteiger partial charge in [0.25, 0.3) is 5.91 Å². The largest absolute Gasteiger partial charge is 0.481 e. The van der Waals surface area contributed by atoms with Gasteiger partial charge in [-0.2, -0.15) is 0 Å². The topological polar surface area (TPSA) is 62.5 Å². The first-order valence-electron chi connectivity index (χ1n) is 10.7. The molecule has 0 bridgehead atoms. The molecule has 8 heteroatoms. The fourth-order valence-electron chi connectivity index (χ4n) is 3.78. The predicted octanol–water partition coefficient (Wildman–Crippen LogP) is 5.96. The second-order valence-corrected chi connectivity index (χ2v) is 10.5. The van der Waals surface area contributed by atoms with Crippen molar-refractivity contribution in [2.45, 2.75) is 36.1 Å². The van der Waals surface area contributed by atoms with E-state index in [0.29, 0.717) is 22.2 Å². The number of benzene rings is 2. The average molecular weight is 497 g/mol. The maximum absolute atomic E-state index is 13.1. The fraction of sp³-hybridized carbons (Fsp3) is 0.240. The first-order chi connectivity index (χ1) is 15.9. The van der Waals surface area contributed by atoms with Crippen molar-refractivity contribution in [1.82, 2.24) is 9.47 Å². The normalized spacial score (nSPS) is 15.2. The fourth-order valence-corrected chi connectivity index (χ4v) is 6.08. The Balaban J connectivity index is 1.70. The number of fused-ring (bicyclic) bond motifs is 1. The molecule has 1 amide bonds. The van der Waals surface area contributed by atoms with E-state index in [-0.39, 0.29) is 12.3 Å². The van der Waals surface area contributed by atoms with Gasteiger partial charge < -0.3 is 9.67 Å². The zero-order valence-corrected chi connectivity index (χ0v) is 20.9. The number of carboxylic acids is 1. The molecule has 33 heavy (non-hydrogen) atoms. The lowest BCUT2D eigenvalue weighted by Crippen LogP contribution is -2.29. The maximum Gasteiger partial charge on any atom is 0.303 e. The van der Waals surface area contributed by atoms with Crippen LogP contribution in [0.15, 0.2) is 63.4 Å². The number of nitrogens with zero attached hydrogens (tertiary/aromatic N) is 2. The third kappa shape index (κ3) is 5.03. The van der Waals surface area contributed by atoms with E-state index in [1.54, 1.807) is 11.8 Å². The number of carboxylic acid groups (broad SMARTS) is 1. The molecule has 3 aromatic rings. The molecule has 1 saturated heterocycles. The minimum Gasteiger partial charge on any atom is -0.481 e. The van der Waals surface area contributed by atoms with Crippen LogP contribution in [-0.4, -0.2) is 37.3 Å². The van der Waals surface area contributed by atoms with Crippen LogP contribution in [0.5, 0.6) is 0 Å². The lowest BCUT2D eigenvalue weighted by Gasteiger charge is -2.13. The Kier molecular flexibility index (Phi) is 7.26. The lowest BCUT2D eigenvalue weighted by atomic mass is 10.1. The average Bonchev–Trinajstić information content (AvgIpc) is 3.22. The van der Waals surface area contributed by atoms with Crippen molar-refractivity contribution in [2.24, 2.45) is 7.05 Å². The molecule has 1 fully saturated rings. The maximum atomic E-state index is 13.1. The SMILES string of the molecule is CCc1ccc(Sc2c(C=C3SC(=S)N(CCCC(=O)O)C3=O)c3ccccc3n2C)cc1. The summed E-state index contributed by atoms with van der Waals surface area (Å²) in [6.07, 6.45) is 3.31. The predicted molar refractivity (Wildman–Crippen MR) is 140 cm³/mol. The summed E-state index contributed by atoms with van der Waals surface area (Å²) in [4.78, 5) is 27.1. The highest BCUT2D eigenvalue weighted by molar-refractivity contribution is 8.26. The lowest BCUT2D eigenvalue weighted by molar-refractivity contribution is -0.137. The van der Waals surface area contributed by atoms with Crippen LogP contribution in [-0.2, 0) is 23.1 Å². The van der Waals surface area contributed by atoms with E-state index in [4.69, 9.17) is 17.3 Å². The standard InChI is InChI=1S/C25H24N2O3S3/c1-3-16-10-12-17(13-11-16)32-24-19(18-7-4-5-8-20(18)26(24)2)15-21-23(30)27(25(31)33-21)14-6-9-22(28)29/h4-5,7-8,10-13,15H,3,6,9,14H2,1-2H3,(H,28,29). The molecule has 1 aliphatic rings. The van der Waals surface area contributed by atoms with E-state index >= 15 is 0 Å². The van der Waals surface area contributed by atoms with Crippen LogP contribution in [0.3, 0.4) is 0 Å². The number of thioether (sulfide) groups is 1.